The molecule has 0 N–H and O–H groups in total. The number of nitrogens with zero attached hydrogens (tertiary/aromatic N) is 2. The number of rotatable bonds is 10. The summed E-state index contributed by atoms with van der Waals surface area (Å²) in [5, 5.41) is 0. The highest BCUT2D eigenvalue weighted by Gasteiger charge is 2.49. The molecule has 0 saturated carbocycles. The number of alkyl halides is 2. The third-order valence-electron chi connectivity index (χ3n) is 8.69. The SMILES string of the molecule is COc1ccccc1C1=CC(Br)C(Br)(OC)C(C2=N[C@](C)(C[C@]3(C)COC(c4cc(-c5ccccc5OC)ccc4OC)=N3)CO2)=C1. The molecular formula is C37H38Br2N2O6. The lowest BCUT2D eigenvalue weighted by Crippen LogP contribution is -2.40. The molecule has 0 spiro atoms. The lowest BCUT2D eigenvalue weighted by atomic mass is 9.86. The van der Waals surface area contributed by atoms with E-state index in [-0.39, 0.29) is 4.83 Å². The van der Waals surface area contributed by atoms with Crippen LogP contribution in [0.4, 0.5) is 0 Å². The lowest BCUT2D eigenvalue weighted by molar-refractivity contribution is 0.116. The number of methoxy groups -OCH3 is 4. The zero-order valence-corrected chi connectivity index (χ0v) is 30.5. The number of hydrogen-bond donors (Lipinski definition) is 0. The van der Waals surface area contributed by atoms with Gasteiger partial charge in [0.2, 0.25) is 11.8 Å². The predicted octanol–water partition coefficient (Wildman–Crippen LogP) is 8.02. The minimum Gasteiger partial charge on any atom is -0.496 e. The van der Waals surface area contributed by atoms with Crippen LogP contribution >= 0.6 is 31.9 Å². The van der Waals surface area contributed by atoms with Gasteiger partial charge in [-0.3, -0.25) is 0 Å². The molecule has 0 bridgehead atoms. The molecule has 0 radical (unpaired) electrons. The maximum absolute atomic E-state index is 6.36. The summed E-state index contributed by atoms with van der Waals surface area (Å²) in [6, 6.07) is 21.8. The smallest absolute Gasteiger partial charge is 0.220 e. The number of ether oxygens (including phenoxy) is 6. The summed E-state index contributed by atoms with van der Waals surface area (Å²) in [5.74, 6) is 3.31. The van der Waals surface area contributed by atoms with Gasteiger partial charge in [0.15, 0.2) is 4.51 Å². The van der Waals surface area contributed by atoms with E-state index in [0.29, 0.717) is 37.2 Å². The molecule has 1 aliphatic carbocycles. The van der Waals surface area contributed by atoms with Crippen molar-refractivity contribution in [3.63, 3.8) is 0 Å². The highest BCUT2D eigenvalue weighted by molar-refractivity contribution is 9.12. The van der Waals surface area contributed by atoms with Gasteiger partial charge in [-0.05, 0) is 71.3 Å². The van der Waals surface area contributed by atoms with Crippen molar-refractivity contribution in [1.29, 1.82) is 0 Å². The van der Waals surface area contributed by atoms with Gasteiger partial charge in [-0.25, -0.2) is 9.98 Å². The van der Waals surface area contributed by atoms with Gasteiger partial charge in [0.05, 0.1) is 48.4 Å². The Balaban J connectivity index is 1.30. The zero-order chi connectivity index (χ0) is 33.4. The molecule has 2 aliphatic heterocycles. The molecule has 0 amide bonds. The number of allylic oxidation sites excluding steroid dienone is 2. The van der Waals surface area contributed by atoms with Gasteiger partial charge in [-0.2, -0.15) is 0 Å². The topological polar surface area (TPSA) is 80.1 Å². The molecule has 3 aromatic carbocycles. The van der Waals surface area contributed by atoms with E-state index in [1.807, 2.05) is 66.7 Å². The van der Waals surface area contributed by atoms with Gasteiger partial charge in [0.25, 0.3) is 0 Å². The standard InChI is InChI=1S/C37H38Br2N2O6/c1-35(21-46-33(40-35)27-17-23(15-16-31(27)44-5)25-11-7-9-13-29(25)42-3)20-36(2)22-47-34(41-36)28-18-24(19-32(38)37(28,39)45-6)26-12-8-10-14-30(26)43-4/h7-19,32H,20-22H2,1-6H3/t32?,35-,36-,37?/m1/s1. The maximum Gasteiger partial charge on any atom is 0.220 e. The molecule has 0 fully saturated rings. The van der Waals surface area contributed by atoms with Crippen molar-refractivity contribution < 1.29 is 28.4 Å². The number of aliphatic imine (C=N–C) groups is 2. The van der Waals surface area contributed by atoms with Crippen LogP contribution < -0.4 is 14.2 Å². The fourth-order valence-electron chi connectivity index (χ4n) is 6.47. The van der Waals surface area contributed by atoms with Crippen LogP contribution in [0.25, 0.3) is 16.7 Å². The summed E-state index contributed by atoms with van der Waals surface area (Å²) in [7, 11) is 6.66. The first-order valence-electron chi connectivity index (χ1n) is 15.3. The Morgan fingerprint density at radius 1 is 0.745 bits per heavy atom. The minimum absolute atomic E-state index is 0.215. The minimum atomic E-state index is -0.892. The van der Waals surface area contributed by atoms with Crippen LogP contribution in [0.1, 0.15) is 31.4 Å². The highest BCUT2D eigenvalue weighted by atomic mass is 79.9. The Morgan fingerprint density at radius 2 is 1.30 bits per heavy atom. The molecule has 246 valence electrons. The monoisotopic (exact) mass is 764 g/mol. The van der Waals surface area contributed by atoms with Crippen molar-refractivity contribution >= 4 is 49.2 Å². The van der Waals surface area contributed by atoms with Crippen molar-refractivity contribution in [3.8, 4) is 28.4 Å². The Morgan fingerprint density at radius 3 is 1.94 bits per heavy atom. The van der Waals surface area contributed by atoms with Crippen LogP contribution in [0.5, 0.6) is 17.2 Å². The quantitative estimate of drug-likeness (QED) is 0.195. The third-order valence-corrected chi connectivity index (χ3v) is 11.5. The van der Waals surface area contributed by atoms with E-state index in [0.717, 1.165) is 44.9 Å². The van der Waals surface area contributed by atoms with Crippen LogP contribution in [0.2, 0.25) is 0 Å². The van der Waals surface area contributed by atoms with Crippen molar-refractivity contribution in [2.75, 3.05) is 41.7 Å². The van der Waals surface area contributed by atoms with E-state index >= 15 is 0 Å². The van der Waals surface area contributed by atoms with Gasteiger partial charge in [0.1, 0.15) is 30.5 Å². The van der Waals surface area contributed by atoms with Crippen molar-refractivity contribution in [2.45, 2.75) is 40.7 Å². The lowest BCUT2D eigenvalue weighted by Gasteiger charge is -2.35. The van der Waals surface area contributed by atoms with Gasteiger partial charge >= 0.3 is 0 Å². The average molecular weight is 767 g/mol. The van der Waals surface area contributed by atoms with Crippen LogP contribution in [-0.4, -0.2) is 73.9 Å². The predicted molar refractivity (Wildman–Crippen MR) is 193 cm³/mol. The largest absolute Gasteiger partial charge is 0.496 e. The summed E-state index contributed by atoms with van der Waals surface area (Å²) in [6.07, 6.45) is 4.75. The molecule has 3 aromatic rings. The molecular weight excluding hydrogens is 728 g/mol. The van der Waals surface area contributed by atoms with Gasteiger partial charge < -0.3 is 28.4 Å². The summed E-state index contributed by atoms with van der Waals surface area (Å²) >= 11 is 7.68. The first-order valence-corrected chi connectivity index (χ1v) is 17.0. The van der Waals surface area contributed by atoms with E-state index in [2.05, 4.69) is 57.9 Å². The highest BCUT2D eigenvalue weighted by Crippen LogP contribution is 2.47. The first-order chi connectivity index (χ1) is 22.5. The molecule has 0 aromatic heterocycles. The van der Waals surface area contributed by atoms with Crippen molar-refractivity contribution in [1.82, 2.24) is 0 Å². The fraction of sp³-hybridized carbons (Fsp3) is 0.351. The van der Waals surface area contributed by atoms with E-state index < -0.39 is 15.6 Å². The van der Waals surface area contributed by atoms with Gasteiger partial charge in [-0.1, -0.05) is 64.5 Å². The Bertz CT molecular complexity index is 1800. The molecule has 3 aliphatic rings. The second-order valence-corrected chi connectivity index (χ2v) is 14.5. The number of benzene rings is 3. The molecule has 2 unspecified atom stereocenters. The molecule has 6 rings (SSSR count). The maximum atomic E-state index is 6.36. The van der Waals surface area contributed by atoms with Gasteiger partial charge in [-0.15, -0.1) is 0 Å². The molecule has 2 heterocycles. The molecule has 47 heavy (non-hydrogen) atoms. The van der Waals surface area contributed by atoms with Crippen LogP contribution in [0, 0.1) is 0 Å². The van der Waals surface area contributed by atoms with E-state index in [4.69, 9.17) is 38.4 Å². The van der Waals surface area contributed by atoms with Crippen LogP contribution in [0.3, 0.4) is 0 Å². The van der Waals surface area contributed by atoms with E-state index in [1.54, 1.807) is 28.4 Å². The summed E-state index contributed by atoms with van der Waals surface area (Å²) < 4.78 is 34.8. The third kappa shape index (κ3) is 6.35. The molecule has 4 atom stereocenters. The number of halogens is 2. The summed E-state index contributed by atoms with van der Waals surface area (Å²) in [5.41, 5.74) is 4.34. The van der Waals surface area contributed by atoms with E-state index in [9.17, 15) is 0 Å². The number of para-hydroxylation sites is 2. The molecule has 0 saturated heterocycles. The fourth-order valence-corrected chi connectivity index (χ4v) is 7.60. The van der Waals surface area contributed by atoms with Crippen molar-refractivity contribution in [2.24, 2.45) is 9.98 Å². The molecule has 8 nitrogen and oxygen atoms in total. The second-order valence-electron chi connectivity index (χ2n) is 12.3. The van der Waals surface area contributed by atoms with Gasteiger partial charge in [0, 0.05) is 24.7 Å². The average Bonchev–Trinajstić information content (AvgIpc) is 3.67. The second kappa shape index (κ2) is 13.1. The first kappa shape index (κ1) is 33.3. The van der Waals surface area contributed by atoms with Crippen LogP contribution in [0.15, 0.2) is 94.4 Å². The summed E-state index contributed by atoms with van der Waals surface area (Å²) in [6.45, 7) is 4.98. The van der Waals surface area contributed by atoms with Crippen LogP contribution in [-0.2, 0) is 14.2 Å². The number of hydrogen-bond acceptors (Lipinski definition) is 8. The Kier molecular flexibility index (Phi) is 9.30. The Labute approximate surface area is 292 Å². The van der Waals surface area contributed by atoms with Crippen molar-refractivity contribution in [3.05, 3.63) is 95.6 Å². The molecule has 10 heteroatoms. The Hall–Kier alpha value is -3.60. The summed E-state index contributed by atoms with van der Waals surface area (Å²) in [4.78, 5) is 10.1. The normalized spacial score (nSPS) is 26.8. The zero-order valence-electron chi connectivity index (χ0n) is 27.3. The van der Waals surface area contributed by atoms with E-state index in [1.165, 1.54) is 0 Å².